The second-order valence-electron chi connectivity index (χ2n) is 5.52. The highest BCUT2D eigenvalue weighted by atomic mass is 32.2. The molecule has 1 aromatic heterocycles. The van der Waals surface area contributed by atoms with E-state index in [1.165, 1.54) is 0 Å². The van der Waals surface area contributed by atoms with Gasteiger partial charge in [-0.1, -0.05) is 6.92 Å². The van der Waals surface area contributed by atoms with Crippen LogP contribution in [0.1, 0.15) is 32.6 Å². The lowest BCUT2D eigenvalue weighted by Gasteiger charge is -2.31. The number of rotatable bonds is 7. The zero-order valence-electron chi connectivity index (χ0n) is 12.9. The van der Waals surface area contributed by atoms with Gasteiger partial charge in [-0.25, -0.2) is 8.42 Å². The standard InChI is InChI=1S/C14H25N3O3S/c1-3-9-17-14(4-8-15-17)21(18,19)16-10-5-13(6-11-16)7-12-20-2/h4,8,13H,3,5-7,9-12H2,1-2H3. The molecule has 7 heteroatoms. The van der Waals surface area contributed by atoms with Gasteiger partial charge < -0.3 is 4.74 Å². The maximum absolute atomic E-state index is 12.7. The molecule has 0 atom stereocenters. The summed E-state index contributed by atoms with van der Waals surface area (Å²) in [6.07, 6.45) is 5.25. The predicted octanol–water partition coefficient (Wildman–Crippen LogP) is 1.73. The largest absolute Gasteiger partial charge is 0.385 e. The van der Waals surface area contributed by atoms with Gasteiger partial charge in [-0.15, -0.1) is 0 Å². The van der Waals surface area contributed by atoms with Crippen molar-refractivity contribution in [1.29, 1.82) is 0 Å². The quantitative estimate of drug-likeness (QED) is 0.768. The molecule has 1 saturated heterocycles. The maximum Gasteiger partial charge on any atom is 0.260 e. The van der Waals surface area contributed by atoms with Crippen LogP contribution in [0.2, 0.25) is 0 Å². The Morgan fingerprint density at radius 1 is 1.38 bits per heavy atom. The monoisotopic (exact) mass is 315 g/mol. The Bertz CT molecular complexity index is 533. The zero-order chi connectivity index (χ0) is 15.3. The van der Waals surface area contributed by atoms with Gasteiger partial charge in [0.1, 0.15) is 0 Å². The van der Waals surface area contributed by atoms with E-state index >= 15 is 0 Å². The molecule has 21 heavy (non-hydrogen) atoms. The van der Waals surface area contributed by atoms with E-state index in [1.54, 1.807) is 28.4 Å². The molecular formula is C14H25N3O3S. The molecule has 6 nitrogen and oxygen atoms in total. The fraction of sp³-hybridized carbons (Fsp3) is 0.786. The number of hydrogen-bond donors (Lipinski definition) is 0. The van der Waals surface area contributed by atoms with Crippen LogP contribution >= 0.6 is 0 Å². The van der Waals surface area contributed by atoms with Gasteiger partial charge in [0.2, 0.25) is 0 Å². The fourth-order valence-corrected chi connectivity index (χ4v) is 4.37. The second kappa shape index (κ2) is 7.38. The molecule has 1 aliphatic rings. The summed E-state index contributed by atoms with van der Waals surface area (Å²) in [4.78, 5) is 0. The van der Waals surface area contributed by atoms with Crippen LogP contribution in [0, 0.1) is 5.92 Å². The van der Waals surface area contributed by atoms with Crippen LogP contribution in [-0.4, -0.2) is 49.3 Å². The molecule has 0 aliphatic carbocycles. The van der Waals surface area contributed by atoms with E-state index in [4.69, 9.17) is 4.74 Å². The van der Waals surface area contributed by atoms with Gasteiger partial charge in [0.25, 0.3) is 10.0 Å². The fourth-order valence-electron chi connectivity index (χ4n) is 2.77. The van der Waals surface area contributed by atoms with Gasteiger partial charge >= 0.3 is 0 Å². The summed E-state index contributed by atoms with van der Waals surface area (Å²) in [5.41, 5.74) is 0. The molecule has 0 unspecified atom stereocenters. The normalized spacial score (nSPS) is 18.2. The minimum atomic E-state index is -3.41. The average molecular weight is 315 g/mol. The summed E-state index contributed by atoms with van der Waals surface area (Å²) >= 11 is 0. The van der Waals surface area contributed by atoms with Crippen LogP contribution < -0.4 is 0 Å². The minimum absolute atomic E-state index is 0.319. The first-order valence-corrected chi connectivity index (χ1v) is 9.04. The molecule has 0 radical (unpaired) electrons. The van der Waals surface area contributed by atoms with Crippen LogP contribution in [0.3, 0.4) is 0 Å². The Labute approximate surface area is 127 Å². The Morgan fingerprint density at radius 3 is 2.71 bits per heavy atom. The minimum Gasteiger partial charge on any atom is -0.385 e. The second-order valence-corrected chi connectivity index (χ2v) is 7.41. The summed E-state index contributed by atoms with van der Waals surface area (Å²) in [7, 11) is -1.71. The van der Waals surface area contributed by atoms with Crippen molar-refractivity contribution in [2.75, 3.05) is 26.8 Å². The van der Waals surface area contributed by atoms with E-state index in [1.807, 2.05) is 6.92 Å². The maximum atomic E-state index is 12.7. The van der Waals surface area contributed by atoms with Crippen LogP contribution in [-0.2, 0) is 21.3 Å². The molecule has 0 N–H and O–H groups in total. The molecule has 1 fully saturated rings. The highest BCUT2D eigenvalue weighted by molar-refractivity contribution is 7.89. The molecule has 0 saturated carbocycles. The van der Waals surface area contributed by atoms with Gasteiger partial charge in [0.05, 0.1) is 6.20 Å². The third kappa shape index (κ3) is 3.84. The van der Waals surface area contributed by atoms with Gasteiger partial charge in [-0.3, -0.25) is 4.68 Å². The Kier molecular flexibility index (Phi) is 5.78. The number of aromatic nitrogens is 2. The lowest BCUT2D eigenvalue weighted by atomic mass is 9.95. The summed E-state index contributed by atoms with van der Waals surface area (Å²) in [6, 6.07) is 1.60. The SMILES string of the molecule is CCCn1nccc1S(=O)(=O)N1CCC(CCOC)CC1. The highest BCUT2D eigenvalue weighted by Gasteiger charge is 2.31. The molecule has 2 heterocycles. The van der Waals surface area contributed by atoms with Gasteiger partial charge in [0, 0.05) is 33.4 Å². The lowest BCUT2D eigenvalue weighted by molar-refractivity contribution is 0.158. The molecule has 1 aromatic rings. The molecule has 0 aromatic carbocycles. The molecule has 120 valence electrons. The number of piperidine rings is 1. The van der Waals surface area contributed by atoms with Crippen molar-refractivity contribution in [2.45, 2.75) is 44.2 Å². The van der Waals surface area contributed by atoms with Gasteiger partial charge in [-0.2, -0.15) is 9.40 Å². The molecule has 0 spiro atoms. The van der Waals surface area contributed by atoms with Crippen LogP contribution in [0.5, 0.6) is 0 Å². The van der Waals surface area contributed by atoms with Crippen LogP contribution in [0.25, 0.3) is 0 Å². The van der Waals surface area contributed by atoms with Gasteiger partial charge in [-0.05, 0) is 37.7 Å². The first kappa shape index (κ1) is 16.5. The van der Waals surface area contributed by atoms with E-state index in [0.29, 0.717) is 30.6 Å². The lowest BCUT2D eigenvalue weighted by Crippen LogP contribution is -2.39. The van der Waals surface area contributed by atoms with Crippen molar-refractivity contribution in [3.8, 4) is 0 Å². The Hall–Kier alpha value is -0.920. The summed E-state index contributed by atoms with van der Waals surface area (Å²) in [6.45, 7) is 4.58. The van der Waals surface area contributed by atoms with E-state index < -0.39 is 10.0 Å². The summed E-state index contributed by atoms with van der Waals surface area (Å²) in [5, 5.41) is 4.44. The Balaban J connectivity index is 2.03. The molecule has 0 amide bonds. The van der Waals surface area contributed by atoms with E-state index in [9.17, 15) is 8.42 Å². The number of ether oxygens (including phenoxy) is 1. The van der Waals surface area contributed by atoms with Crippen molar-refractivity contribution in [3.63, 3.8) is 0 Å². The van der Waals surface area contributed by atoms with Crippen molar-refractivity contribution in [1.82, 2.24) is 14.1 Å². The summed E-state index contributed by atoms with van der Waals surface area (Å²) < 4.78 is 33.7. The van der Waals surface area contributed by atoms with E-state index in [-0.39, 0.29) is 0 Å². The smallest absolute Gasteiger partial charge is 0.260 e. The first-order chi connectivity index (χ1) is 10.1. The van der Waals surface area contributed by atoms with Crippen LogP contribution in [0.4, 0.5) is 0 Å². The van der Waals surface area contributed by atoms with Crippen molar-refractivity contribution in [3.05, 3.63) is 12.3 Å². The van der Waals surface area contributed by atoms with Gasteiger partial charge in [0.15, 0.2) is 5.03 Å². The topological polar surface area (TPSA) is 64.4 Å². The van der Waals surface area contributed by atoms with Crippen LogP contribution in [0.15, 0.2) is 17.3 Å². The number of sulfonamides is 1. The Morgan fingerprint density at radius 2 is 2.10 bits per heavy atom. The van der Waals surface area contributed by atoms with E-state index in [0.717, 1.165) is 32.3 Å². The van der Waals surface area contributed by atoms with Crippen molar-refractivity contribution < 1.29 is 13.2 Å². The number of hydrogen-bond acceptors (Lipinski definition) is 4. The summed E-state index contributed by atoms with van der Waals surface area (Å²) in [5.74, 6) is 0.567. The average Bonchev–Trinajstić information content (AvgIpc) is 2.95. The van der Waals surface area contributed by atoms with E-state index in [2.05, 4.69) is 5.10 Å². The van der Waals surface area contributed by atoms with Crippen molar-refractivity contribution >= 4 is 10.0 Å². The predicted molar refractivity (Wildman–Crippen MR) is 80.5 cm³/mol. The third-order valence-corrected chi connectivity index (χ3v) is 5.94. The number of methoxy groups -OCH3 is 1. The number of nitrogens with zero attached hydrogens (tertiary/aromatic N) is 3. The number of aryl methyl sites for hydroxylation is 1. The molecular weight excluding hydrogens is 290 g/mol. The molecule has 1 aliphatic heterocycles. The zero-order valence-corrected chi connectivity index (χ0v) is 13.7. The van der Waals surface area contributed by atoms with Crippen molar-refractivity contribution in [2.24, 2.45) is 5.92 Å². The molecule has 0 bridgehead atoms. The highest BCUT2D eigenvalue weighted by Crippen LogP contribution is 2.25. The third-order valence-electron chi connectivity index (χ3n) is 4.02. The molecule has 2 rings (SSSR count). The first-order valence-electron chi connectivity index (χ1n) is 7.60.